The van der Waals surface area contributed by atoms with E-state index in [1.54, 1.807) is 12.1 Å². The van der Waals surface area contributed by atoms with Crippen LogP contribution in [0, 0.1) is 0 Å². The highest BCUT2D eigenvalue weighted by atomic mass is 32.2. The molecule has 21 heavy (non-hydrogen) atoms. The monoisotopic (exact) mass is 312 g/mol. The Morgan fingerprint density at radius 2 is 2.19 bits per heavy atom. The third kappa shape index (κ3) is 3.72. The van der Waals surface area contributed by atoms with Crippen molar-refractivity contribution < 1.29 is 8.42 Å². The normalized spacial score (nSPS) is 20.0. The largest absolute Gasteiger partial charge is 0.355 e. The number of hydrogen-bond acceptors (Lipinski definition) is 5. The summed E-state index contributed by atoms with van der Waals surface area (Å²) in [6.07, 6.45) is 3.75. The molecule has 118 valence electrons. The lowest BCUT2D eigenvalue weighted by molar-refractivity contribution is 0.429. The fourth-order valence-electron chi connectivity index (χ4n) is 2.56. The van der Waals surface area contributed by atoms with Crippen LogP contribution < -0.4 is 10.2 Å². The van der Waals surface area contributed by atoms with Gasteiger partial charge in [-0.3, -0.25) is 0 Å². The number of anilines is 1. The first-order valence-corrected chi connectivity index (χ1v) is 8.76. The summed E-state index contributed by atoms with van der Waals surface area (Å²) in [5.74, 6) is 0.843. The highest BCUT2D eigenvalue weighted by Crippen LogP contribution is 2.20. The van der Waals surface area contributed by atoms with Crippen molar-refractivity contribution in [1.82, 2.24) is 14.6 Å². The van der Waals surface area contributed by atoms with E-state index in [4.69, 9.17) is 0 Å². The Balaban J connectivity index is 2.12. The van der Waals surface area contributed by atoms with Crippen LogP contribution in [0.4, 0.5) is 5.82 Å². The minimum atomic E-state index is -3.40. The van der Waals surface area contributed by atoms with Crippen LogP contribution in [-0.4, -0.2) is 57.5 Å². The maximum atomic E-state index is 12.0. The maximum Gasteiger partial charge on any atom is 0.244 e. The van der Waals surface area contributed by atoms with E-state index in [1.807, 2.05) is 0 Å². The van der Waals surface area contributed by atoms with Gasteiger partial charge >= 0.3 is 0 Å². The van der Waals surface area contributed by atoms with Gasteiger partial charge in [-0.15, -0.1) is 0 Å². The lowest BCUT2D eigenvalue weighted by Gasteiger charge is -2.34. The molecule has 0 aromatic carbocycles. The summed E-state index contributed by atoms with van der Waals surface area (Å²) < 4.78 is 25.2. The molecule has 2 rings (SSSR count). The van der Waals surface area contributed by atoms with E-state index in [2.05, 4.69) is 22.1 Å². The van der Waals surface area contributed by atoms with Crippen LogP contribution in [0.15, 0.2) is 23.2 Å². The Morgan fingerprint density at radius 3 is 2.76 bits per heavy atom. The fourth-order valence-corrected chi connectivity index (χ4v) is 3.41. The molecule has 1 unspecified atom stereocenters. The van der Waals surface area contributed by atoms with Gasteiger partial charge in [0, 0.05) is 39.4 Å². The van der Waals surface area contributed by atoms with E-state index in [9.17, 15) is 8.42 Å². The maximum absolute atomic E-state index is 12.0. The molecular formula is C14H24N4O2S. The molecular weight excluding hydrogens is 288 g/mol. The van der Waals surface area contributed by atoms with E-state index in [0.29, 0.717) is 6.04 Å². The zero-order chi connectivity index (χ0) is 15.5. The van der Waals surface area contributed by atoms with Crippen LogP contribution >= 0.6 is 0 Å². The second-order valence-electron chi connectivity index (χ2n) is 5.48. The summed E-state index contributed by atoms with van der Waals surface area (Å²) in [6, 6.07) is 3.91. The lowest BCUT2D eigenvalue weighted by Crippen LogP contribution is -2.46. The fraction of sp³-hybridized carbons (Fsp3) is 0.643. The number of likely N-dealkylation sites (N-methyl/N-ethyl adjacent to an activating group) is 1. The van der Waals surface area contributed by atoms with Gasteiger partial charge in [0.2, 0.25) is 10.0 Å². The first-order valence-electron chi connectivity index (χ1n) is 7.32. The van der Waals surface area contributed by atoms with Crippen molar-refractivity contribution in [2.24, 2.45) is 0 Å². The summed E-state index contributed by atoms with van der Waals surface area (Å²) in [6.45, 7) is 4.96. The molecule has 0 aliphatic carbocycles. The second kappa shape index (κ2) is 6.72. The molecule has 1 aliphatic heterocycles. The van der Waals surface area contributed by atoms with Gasteiger partial charge in [-0.1, -0.05) is 6.92 Å². The number of piperidine rings is 1. The molecule has 2 heterocycles. The number of nitrogens with one attached hydrogen (secondary N) is 1. The van der Waals surface area contributed by atoms with Crippen LogP contribution in [0.3, 0.4) is 0 Å². The average molecular weight is 312 g/mol. The number of hydrogen-bond donors (Lipinski definition) is 1. The number of aromatic nitrogens is 1. The van der Waals surface area contributed by atoms with Crippen molar-refractivity contribution in [1.29, 1.82) is 0 Å². The Kier molecular flexibility index (Phi) is 5.18. The van der Waals surface area contributed by atoms with Crippen molar-refractivity contribution in [3.05, 3.63) is 18.3 Å². The number of nitrogens with zero attached hydrogens (tertiary/aromatic N) is 3. The lowest BCUT2D eigenvalue weighted by atomic mass is 10.1. The molecule has 0 amide bonds. The van der Waals surface area contributed by atoms with Crippen LogP contribution in [0.1, 0.15) is 19.8 Å². The molecule has 0 bridgehead atoms. The topological polar surface area (TPSA) is 65.5 Å². The third-order valence-electron chi connectivity index (χ3n) is 3.74. The highest BCUT2D eigenvalue weighted by molar-refractivity contribution is 7.89. The molecule has 1 aliphatic rings. The van der Waals surface area contributed by atoms with E-state index in [-0.39, 0.29) is 4.90 Å². The van der Waals surface area contributed by atoms with E-state index < -0.39 is 10.0 Å². The predicted molar refractivity (Wildman–Crippen MR) is 84.0 cm³/mol. The minimum Gasteiger partial charge on any atom is -0.355 e. The molecule has 0 radical (unpaired) electrons. The zero-order valence-electron chi connectivity index (χ0n) is 12.9. The summed E-state index contributed by atoms with van der Waals surface area (Å²) in [4.78, 5) is 6.78. The van der Waals surface area contributed by atoms with Gasteiger partial charge in [-0.05, 0) is 31.5 Å². The number of rotatable bonds is 5. The van der Waals surface area contributed by atoms with Crippen LogP contribution in [0.25, 0.3) is 0 Å². The van der Waals surface area contributed by atoms with Gasteiger partial charge in [0.05, 0.1) is 0 Å². The van der Waals surface area contributed by atoms with Gasteiger partial charge in [0.25, 0.3) is 0 Å². The van der Waals surface area contributed by atoms with Gasteiger partial charge in [0.15, 0.2) is 0 Å². The van der Waals surface area contributed by atoms with E-state index in [1.165, 1.54) is 31.0 Å². The Labute approximate surface area is 127 Å². The van der Waals surface area contributed by atoms with Gasteiger partial charge in [-0.25, -0.2) is 17.7 Å². The van der Waals surface area contributed by atoms with Crippen LogP contribution in [0.2, 0.25) is 0 Å². The van der Waals surface area contributed by atoms with Crippen LogP contribution in [-0.2, 0) is 10.0 Å². The Bertz CT molecular complexity index is 555. The zero-order valence-corrected chi connectivity index (χ0v) is 13.7. The molecule has 1 fully saturated rings. The van der Waals surface area contributed by atoms with E-state index >= 15 is 0 Å². The summed E-state index contributed by atoms with van der Waals surface area (Å²) in [5.41, 5.74) is 0. The second-order valence-corrected chi connectivity index (χ2v) is 7.63. The standard InChI is InChI=1S/C14H24N4O2S/c1-4-15-12-6-5-9-18(11-12)14-8-7-13(10-16-14)21(19,20)17(2)3/h7-8,10,12,15H,4-6,9,11H2,1-3H3. The molecule has 1 atom stereocenters. The molecule has 1 aromatic rings. The predicted octanol–water partition coefficient (Wildman–Crippen LogP) is 0.910. The summed E-state index contributed by atoms with van der Waals surface area (Å²) >= 11 is 0. The third-order valence-corrected chi connectivity index (χ3v) is 5.54. The smallest absolute Gasteiger partial charge is 0.244 e. The minimum absolute atomic E-state index is 0.233. The molecule has 0 spiro atoms. The van der Waals surface area contributed by atoms with Gasteiger partial charge in [0.1, 0.15) is 10.7 Å². The van der Waals surface area contributed by atoms with Crippen molar-refractivity contribution in [3.8, 4) is 0 Å². The molecule has 1 saturated heterocycles. The van der Waals surface area contributed by atoms with E-state index in [0.717, 1.165) is 31.9 Å². The SMILES string of the molecule is CCNC1CCCN(c2ccc(S(=O)(=O)N(C)C)cn2)C1. The van der Waals surface area contributed by atoms with Crippen molar-refractivity contribution in [2.75, 3.05) is 38.6 Å². The Hall–Kier alpha value is -1.18. The van der Waals surface area contributed by atoms with Crippen LogP contribution in [0.5, 0.6) is 0 Å². The Morgan fingerprint density at radius 1 is 1.43 bits per heavy atom. The van der Waals surface area contributed by atoms with Gasteiger partial charge < -0.3 is 10.2 Å². The summed E-state index contributed by atoms with van der Waals surface area (Å²) in [5, 5.41) is 3.46. The van der Waals surface area contributed by atoms with Crippen molar-refractivity contribution in [3.63, 3.8) is 0 Å². The van der Waals surface area contributed by atoms with Crippen molar-refractivity contribution in [2.45, 2.75) is 30.7 Å². The molecule has 6 nitrogen and oxygen atoms in total. The number of pyridine rings is 1. The average Bonchev–Trinajstić information content (AvgIpc) is 2.48. The molecule has 1 aromatic heterocycles. The van der Waals surface area contributed by atoms with Gasteiger partial charge in [-0.2, -0.15) is 0 Å². The first kappa shape index (κ1) is 16.2. The first-order chi connectivity index (χ1) is 9.95. The summed E-state index contributed by atoms with van der Waals surface area (Å²) in [7, 11) is -0.358. The number of sulfonamides is 1. The quantitative estimate of drug-likeness (QED) is 0.875. The molecule has 0 saturated carbocycles. The molecule has 1 N–H and O–H groups in total. The molecule has 7 heteroatoms. The van der Waals surface area contributed by atoms with Crippen molar-refractivity contribution >= 4 is 15.8 Å². The highest BCUT2D eigenvalue weighted by Gasteiger charge is 2.22.